The van der Waals surface area contributed by atoms with Gasteiger partial charge in [-0.05, 0) is 71.3 Å². The Morgan fingerprint density at radius 2 is 1.16 bits per heavy atom. The number of esters is 1. The summed E-state index contributed by atoms with van der Waals surface area (Å²) >= 11 is 0. The van der Waals surface area contributed by atoms with E-state index in [4.69, 9.17) is 14.2 Å². The highest BCUT2D eigenvalue weighted by Crippen LogP contribution is 2.50. The van der Waals surface area contributed by atoms with E-state index in [0.29, 0.717) is 22.6 Å². The van der Waals surface area contributed by atoms with Crippen LogP contribution in [0.2, 0.25) is 0 Å². The fraction of sp³-hybridized carbons (Fsp3) is 0.250. The molecule has 0 saturated heterocycles. The molecule has 0 bridgehead atoms. The van der Waals surface area contributed by atoms with Crippen LogP contribution in [0.3, 0.4) is 0 Å². The summed E-state index contributed by atoms with van der Waals surface area (Å²) in [6.45, 7) is 0. The average molecular weight is 578 g/mol. The van der Waals surface area contributed by atoms with Crippen molar-refractivity contribution in [3.05, 3.63) is 119 Å². The molecule has 0 aliphatic carbocycles. The predicted molar refractivity (Wildman–Crippen MR) is 175 cm³/mol. The molecule has 0 spiro atoms. The third-order valence-corrected chi connectivity index (χ3v) is 7.94. The summed E-state index contributed by atoms with van der Waals surface area (Å²) in [5, 5.41) is 0. The lowest BCUT2D eigenvalue weighted by Crippen LogP contribution is -2.27. The number of cyclic esters (lactones) is 1. The van der Waals surface area contributed by atoms with Gasteiger partial charge in [-0.1, -0.05) is 30.3 Å². The normalized spacial score (nSPS) is 15.3. The largest absolute Gasteiger partial charge is 0.497 e. The van der Waals surface area contributed by atoms with E-state index in [1.807, 2.05) is 83.6 Å². The van der Waals surface area contributed by atoms with Crippen molar-refractivity contribution in [2.24, 2.45) is 0 Å². The van der Waals surface area contributed by atoms with Gasteiger partial charge >= 0.3 is 5.97 Å². The number of hydrogen-bond donors (Lipinski definition) is 0. The molecule has 222 valence electrons. The van der Waals surface area contributed by atoms with Gasteiger partial charge in [0.15, 0.2) is 5.60 Å². The van der Waals surface area contributed by atoms with E-state index in [-0.39, 0.29) is 0 Å². The van der Waals surface area contributed by atoms with Gasteiger partial charge in [-0.3, -0.25) is 0 Å². The van der Waals surface area contributed by atoms with E-state index in [1.165, 1.54) is 0 Å². The van der Waals surface area contributed by atoms with Gasteiger partial charge in [0.2, 0.25) is 0 Å². The molecule has 5 rings (SSSR count). The fourth-order valence-corrected chi connectivity index (χ4v) is 5.46. The summed E-state index contributed by atoms with van der Waals surface area (Å²) in [5.41, 5.74) is 6.69. The number of methoxy groups -OCH3 is 2. The molecule has 4 aromatic carbocycles. The summed E-state index contributed by atoms with van der Waals surface area (Å²) in [6.07, 6.45) is 2.06. The number of nitrogens with zero attached hydrogens (tertiary/aromatic N) is 3. The highest BCUT2D eigenvalue weighted by Gasteiger charge is 2.48. The maximum atomic E-state index is 13.7. The minimum atomic E-state index is -1.27. The molecule has 1 unspecified atom stereocenters. The third kappa shape index (κ3) is 5.50. The second kappa shape index (κ2) is 11.8. The van der Waals surface area contributed by atoms with Gasteiger partial charge in [0, 0.05) is 76.5 Å². The summed E-state index contributed by atoms with van der Waals surface area (Å²) in [4.78, 5) is 19.8. The van der Waals surface area contributed by atoms with E-state index in [1.54, 1.807) is 14.2 Å². The van der Waals surface area contributed by atoms with Crippen LogP contribution in [0.25, 0.3) is 5.57 Å². The second-order valence-corrected chi connectivity index (χ2v) is 11.3. The molecule has 0 N–H and O–H groups in total. The Bertz CT molecular complexity index is 1600. The van der Waals surface area contributed by atoms with Crippen LogP contribution in [-0.2, 0) is 10.3 Å². The molecule has 0 aromatic heterocycles. The lowest BCUT2D eigenvalue weighted by molar-refractivity contribution is 0.0270. The first-order valence-electron chi connectivity index (χ1n) is 14.1. The molecule has 0 saturated carbocycles. The van der Waals surface area contributed by atoms with Crippen molar-refractivity contribution >= 4 is 28.6 Å². The third-order valence-electron chi connectivity index (χ3n) is 7.94. The molecule has 1 aliphatic heterocycles. The van der Waals surface area contributed by atoms with Crippen molar-refractivity contribution in [3.8, 4) is 11.5 Å². The molecule has 0 radical (unpaired) electrons. The SMILES string of the molecule is COc1ccc(C2(C=C(c3ccc(N(C)C)cc3)c3ccc(N(C)C)cc3)OC(=O)c3cc(N(C)C)ccc32)c(OC)c1. The van der Waals surface area contributed by atoms with Gasteiger partial charge in [0.05, 0.1) is 19.8 Å². The zero-order valence-corrected chi connectivity index (χ0v) is 26.1. The quantitative estimate of drug-likeness (QED) is 0.212. The number of fused-ring (bicyclic) bond motifs is 1. The Morgan fingerprint density at radius 3 is 1.65 bits per heavy atom. The van der Waals surface area contributed by atoms with Crippen LogP contribution < -0.4 is 24.2 Å². The maximum Gasteiger partial charge on any atom is 0.340 e. The zero-order chi connectivity index (χ0) is 30.9. The topological polar surface area (TPSA) is 54.5 Å². The first kappa shape index (κ1) is 29.6. The predicted octanol–water partition coefficient (Wildman–Crippen LogP) is 6.45. The highest BCUT2D eigenvalue weighted by atomic mass is 16.6. The molecule has 1 atom stereocenters. The van der Waals surface area contributed by atoms with E-state index in [0.717, 1.165) is 39.3 Å². The Morgan fingerprint density at radius 1 is 0.651 bits per heavy atom. The standard InChI is InChI=1S/C36H39N3O4/c1-37(2)26-13-9-24(10-14-26)31(25-11-15-27(16-12-25)38(3)4)23-36(33-20-18-29(41-7)22-34(33)42-8)32-19-17-28(39(5)6)21-30(32)35(40)43-36/h9-23H,1-8H3. The van der Waals surface area contributed by atoms with Crippen LogP contribution >= 0.6 is 0 Å². The first-order chi connectivity index (χ1) is 20.6. The van der Waals surface area contributed by atoms with Gasteiger partial charge in [-0.2, -0.15) is 0 Å². The van der Waals surface area contributed by atoms with Gasteiger partial charge in [0.25, 0.3) is 0 Å². The summed E-state index contributed by atoms with van der Waals surface area (Å²) in [6, 6.07) is 28.3. The van der Waals surface area contributed by atoms with E-state index >= 15 is 0 Å². The van der Waals surface area contributed by atoms with E-state index in [2.05, 4.69) is 64.4 Å². The molecule has 7 nitrogen and oxygen atoms in total. The van der Waals surface area contributed by atoms with Gasteiger partial charge in [0.1, 0.15) is 11.5 Å². The van der Waals surface area contributed by atoms with E-state index in [9.17, 15) is 4.79 Å². The number of ether oxygens (including phenoxy) is 3. The monoisotopic (exact) mass is 577 g/mol. The van der Waals surface area contributed by atoms with Crippen LogP contribution in [0.5, 0.6) is 11.5 Å². The first-order valence-corrected chi connectivity index (χ1v) is 14.1. The molecular weight excluding hydrogens is 538 g/mol. The summed E-state index contributed by atoms with van der Waals surface area (Å²) in [7, 11) is 15.2. The van der Waals surface area contributed by atoms with Gasteiger partial charge in [-0.15, -0.1) is 0 Å². The number of rotatable bonds is 9. The van der Waals surface area contributed by atoms with Crippen molar-refractivity contribution in [2.75, 3.05) is 71.2 Å². The second-order valence-electron chi connectivity index (χ2n) is 11.3. The number of carbonyl (C=O) groups is 1. The molecule has 0 amide bonds. The van der Waals surface area contributed by atoms with Crippen LogP contribution in [0.4, 0.5) is 17.1 Å². The minimum Gasteiger partial charge on any atom is -0.497 e. The lowest BCUT2D eigenvalue weighted by Gasteiger charge is -2.30. The van der Waals surface area contributed by atoms with Crippen molar-refractivity contribution in [1.29, 1.82) is 0 Å². The van der Waals surface area contributed by atoms with Crippen molar-refractivity contribution in [3.63, 3.8) is 0 Å². The number of carbonyl (C=O) groups excluding carboxylic acids is 1. The lowest BCUT2D eigenvalue weighted by atomic mass is 9.81. The fourth-order valence-electron chi connectivity index (χ4n) is 5.46. The molecule has 1 heterocycles. The number of benzene rings is 4. The van der Waals surface area contributed by atoms with Crippen molar-refractivity contribution in [1.82, 2.24) is 0 Å². The van der Waals surface area contributed by atoms with Gasteiger partial charge < -0.3 is 28.9 Å². The minimum absolute atomic E-state index is 0.391. The van der Waals surface area contributed by atoms with E-state index < -0.39 is 11.6 Å². The molecule has 7 heteroatoms. The Hall–Kier alpha value is -4.91. The summed E-state index contributed by atoms with van der Waals surface area (Å²) < 4.78 is 17.9. The Balaban J connectivity index is 1.84. The number of hydrogen-bond acceptors (Lipinski definition) is 7. The number of anilines is 3. The molecule has 43 heavy (non-hydrogen) atoms. The molecule has 1 aliphatic rings. The summed E-state index contributed by atoms with van der Waals surface area (Å²) in [5.74, 6) is 0.808. The van der Waals surface area contributed by atoms with Crippen LogP contribution in [0.15, 0.2) is 91.0 Å². The average Bonchev–Trinajstić information content (AvgIpc) is 3.30. The van der Waals surface area contributed by atoms with Crippen LogP contribution in [-0.4, -0.2) is 62.5 Å². The highest BCUT2D eigenvalue weighted by molar-refractivity contribution is 5.98. The van der Waals surface area contributed by atoms with Gasteiger partial charge in [-0.25, -0.2) is 4.79 Å². The van der Waals surface area contributed by atoms with Crippen molar-refractivity contribution < 1.29 is 19.0 Å². The molecular formula is C36H39N3O4. The maximum absolute atomic E-state index is 13.7. The molecule has 4 aromatic rings. The Labute approximate surface area is 254 Å². The molecule has 0 fully saturated rings. The van der Waals surface area contributed by atoms with Crippen LogP contribution in [0.1, 0.15) is 32.6 Å². The van der Waals surface area contributed by atoms with Crippen molar-refractivity contribution in [2.45, 2.75) is 5.60 Å². The zero-order valence-electron chi connectivity index (χ0n) is 26.1. The Kier molecular flexibility index (Phi) is 8.09. The van der Waals surface area contributed by atoms with Crippen LogP contribution in [0, 0.1) is 0 Å². The smallest absolute Gasteiger partial charge is 0.340 e.